The monoisotopic (exact) mass is 319 g/mol. The lowest BCUT2D eigenvalue weighted by molar-refractivity contribution is 0.917. The van der Waals surface area contributed by atoms with Crippen molar-refractivity contribution in [1.29, 1.82) is 5.26 Å². The van der Waals surface area contributed by atoms with Crippen molar-refractivity contribution in [1.82, 2.24) is 9.97 Å². The molecule has 0 saturated heterocycles. The number of aryl methyl sites for hydroxylation is 2. The second kappa shape index (κ2) is 5.78. The molecular weight excluding hydrogens is 306 g/mol. The van der Waals surface area contributed by atoms with Gasteiger partial charge in [0.2, 0.25) is 0 Å². The van der Waals surface area contributed by atoms with Gasteiger partial charge < -0.3 is 0 Å². The lowest BCUT2D eigenvalue weighted by Gasteiger charge is -2.02. The van der Waals surface area contributed by atoms with Crippen LogP contribution in [0.1, 0.15) is 28.0 Å². The van der Waals surface area contributed by atoms with Gasteiger partial charge in [0.1, 0.15) is 11.2 Å². The van der Waals surface area contributed by atoms with Gasteiger partial charge in [-0.05, 0) is 42.5 Å². The van der Waals surface area contributed by atoms with E-state index >= 15 is 0 Å². The van der Waals surface area contributed by atoms with Crippen molar-refractivity contribution in [3.05, 3.63) is 52.2 Å². The summed E-state index contributed by atoms with van der Waals surface area (Å²) >= 11 is 1.76. The zero-order valence-corrected chi connectivity index (χ0v) is 13.1. The Labute approximate surface area is 137 Å². The largest absolute Gasteiger partial charge is 0.261 e. The molecule has 0 amide bonds. The van der Waals surface area contributed by atoms with E-state index in [0.29, 0.717) is 5.56 Å². The van der Waals surface area contributed by atoms with Crippen molar-refractivity contribution in [2.75, 3.05) is 5.43 Å². The van der Waals surface area contributed by atoms with E-state index in [1.54, 1.807) is 36.0 Å². The van der Waals surface area contributed by atoms with Crippen molar-refractivity contribution in [2.24, 2.45) is 5.10 Å². The van der Waals surface area contributed by atoms with Gasteiger partial charge in [0, 0.05) is 4.88 Å². The number of thiophene rings is 1. The van der Waals surface area contributed by atoms with Crippen molar-refractivity contribution in [3.63, 3.8) is 0 Å². The molecule has 0 saturated carbocycles. The standard InChI is InChI=1S/C17H13N5S/c18-8-11-4-6-12(7-5-11)9-21-22-16-15-13-2-1-3-14(13)23-17(15)20-10-19-16/h4-7,9-10H,1-3H2,(H,19,20,22)/b21-9-. The maximum Gasteiger partial charge on any atom is 0.158 e. The van der Waals surface area contributed by atoms with Gasteiger partial charge >= 0.3 is 0 Å². The molecule has 0 bridgehead atoms. The number of hydrogen-bond acceptors (Lipinski definition) is 6. The van der Waals surface area contributed by atoms with Gasteiger partial charge in [-0.3, -0.25) is 5.43 Å². The van der Waals surface area contributed by atoms with Gasteiger partial charge in [0.15, 0.2) is 5.82 Å². The summed E-state index contributed by atoms with van der Waals surface area (Å²) in [4.78, 5) is 11.2. The molecule has 1 aromatic carbocycles. The molecule has 0 radical (unpaired) electrons. The van der Waals surface area contributed by atoms with Crippen molar-refractivity contribution in [2.45, 2.75) is 19.3 Å². The molecule has 112 valence electrons. The molecule has 2 heterocycles. The number of aromatic nitrogens is 2. The lowest BCUT2D eigenvalue weighted by Crippen LogP contribution is -1.96. The summed E-state index contributed by atoms with van der Waals surface area (Å²) < 4.78 is 0. The van der Waals surface area contributed by atoms with Crippen LogP contribution in [0.2, 0.25) is 0 Å². The summed E-state index contributed by atoms with van der Waals surface area (Å²) in [6.07, 6.45) is 6.75. The molecule has 23 heavy (non-hydrogen) atoms. The van der Waals surface area contributed by atoms with Crippen molar-refractivity contribution in [3.8, 4) is 6.07 Å². The number of anilines is 1. The lowest BCUT2D eigenvalue weighted by atomic mass is 10.2. The molecule has 0 atom stereocenters. The van der Waals surface area contributed by atoms with Crippen LogP contribution in [0.5, 0.6) is 0 Å². The normalized spacial score (nSPS) is 13.3. The average Bonchev–Trinajstić information content (AvgIpc) is 3.16. The quantitative estimate of drug-likeness (QED) is 0.592. The van der Waals surface area contributed by atoms with Crippen LogP contribution in [0.4, 0.5) is 5.82 Å². The van der Waals surface area contributed by atoms with E-state index in [9.17, 15) is 0 Å². The fraction of sp³-hybridized carbons (Fsp3) is 0.176. The molecule has 1 aliphatic rings. The molecule has 0 fully saturated rings. The predicted octanol–water partition coefficient (Wildman–Crippen LogP) is 3.50. The highest BCUT2D eigenvalue weighted by Crippen LogP contribution is 2.38. The summed E-state index contributed by atoms with van der Waals surface area (Å²) in [6, 6.07) is 9.37. The van der Waals surface area contributed by atoms with Gasteiger partial charge in [-0.2, -0.15) is 10.4 Å². The van der Waals surface area contributed by atoms with E-state index in [-0.39, 0.29) is 0 Å². The minimum Gasteiger partial charge on any atom is -0.261 e. The molecule has 3 aromatic rings. The Kier molecular flexibility index (Phi) is 3.48. The Morgan fingerprint density at radius 3 is 2.91 bits per heavy atom. The second-order valence-corrected chi connectivity index (χ2v) is 6.45. The first kappa shape index (κ1) is 13.9. The van der Waals surface area contributed by atoms with Crippen molar-refractivity contribution >= 4 is 33.6 Å². The summed E-state index contributed by atoms with van der Waals surface area (Å²) in [5, 5.41) is 14.2. The van der Waals surface area contributed by atoms with Crippen LogP contribution in [0.25, 0.3) is 10.2 Å². The van der Waals surface area contributed by atoms with Gasteiger partial charge in [-0.25, -0.2) is 9.97 Å². The minimum atomic E-state index is 0.640. The number of fused-ring (bicyclic) bond motifs is 3. The third kappa shape index (κ3) is 2.56. The fourth-order valence-corrected chi connectivity index (χ4v) is 4.05. The number of nitrogens with zero attached hydrogens (tertiary/aromatic N) is 4. The number of nitriles is 1. The first-order valence-electron chi connectivity index (χ1n) is 7.39. The summed E-state index contributed by atoms with van der Waals surface area (Å²) in [5.41, 5.74) is 5.99. The van der Waals surface area contributed by atoms with Crippen LogP contribution >= 0.6 is 11.3 Å². The van der Waals surface area contributed by atoms with Gasteiger partial charge in [0.05, 0.1) is 23.2 Å². The van der Waals surface area contributed by atoms with Crippen LogP contribution in [0.15, 0.2) is 35.7 Å². The molecule has 4 rings (SSSR count). The molecule has 1 aliphatic carbocycles. The van der Waals surface area contributed by atoms with Gasteiger partial charge in [-0.1, -0.05) is 12.1 Å². The Balaban J connectivity index is 1.60. The van der Waals surface area contributed by atoms with Crippen LogP contribution in [0, 0.1) is 11.3 Å². The number of hydrogen-bond donors (Lipinski definition) is 1. The second-order valence-electron chi connectivity index (χ2n) is 5.36. The van der Waals surface area contributed by atoms with Crippen LogP contribution in [-0.4, -0.2) is 16.2 Å². The van der Waals surface area contributed by atoms with Crippen LogP contribution in [0.3, 0.4) is 0 Å². The van der Waals surface area contributed by atoms with Gasteiger partial charge in [0.25, 0.3) is 0 Å². The Morgan fingerprint density at radius 1 is 1.22 bits per heavy atom. The van der Waals surface area contributed by atoms with Crippen LogP contribution in [-0.2, 0) is 12.8 Å². The van der Waals surface area contributed by atoms with E-state index in [2.05, 4.69) is 26.6 Å². The molecule has 0 aliphatic heterocycles. The van der Waals surface area contributed by atoms with E-state index < -0.39 is 0 Å². The third-order valence-corrected chi connectivity index (χ3v) is 5.13. The highest BCUT2D eigenvalue weighted by atomic mass is 32.1. The van der Waals surface area contributed by atoms with Crippen molar-refractivity contribution < 1.29 is 0 Å². The number of rotatable bonds is 3. The zero-order chi connectivity index (χ0) is 15.6. The highest BCUT2D eigenvalue weighted by molar-refractivity contribution is 7.19. The fourth-order valence-electron chi connectivity index (χ4n) is 2.83. The van der Waals surface area contributed by atoms with E-state index in [1.807, 2.05) is 12.1 Å². The molecule has 1 N–H and O–H groups in total. The Hall–Kier alpha value is -2.78. The summed E-state index contributed by atoms with van der Waals surface area (Å²) in [5.74, 6) is 0.763. The van der Waals surface area contributed by atoms with E-state index in [1.165, 1.54) is 16.9 Å². The molecule has 5 nitrogen and oxygen atoms in total. The maximum absolute atomic E-state index is 8.80. The number of benzene rings is 1. The zero-order valence-electron chi connectivity index (χ0n) is 12.3. The van der Waals surface area contributed by atoms with E-state index in [4.69, 9.17) is 5.26 Å². The number of hydrazone groups is 1. The molecular formula is C17H13N5S. The summed E-state index contributed by atoms with van der Waals surface area (Å²) in [6.45, 7) is 0. The smallest absolute Gasteiger partial charge is 0.158 e. The summed E-state index contributed by atoms with van der Waals surface area (Å²) in [7, 11) is 0. The molecule has 6 heteroatoms. The first-order valence-corrected chi connectivity index (χ1v) is 8.21. The maximum atomic E-state index is 8.80. The van der Waals surface area contributed by atoms with Gasteiger partial charge in [-0.15, -0.1) is 11.3 Å². The molecule has 0 spiro atoms. The topological polar surface area (TPSA) is 74.0 Å². The number of nitrogens with one attached hydrogen (secondary N) is 1. The average molecular weight is 319 g/mol. The Bertz CT molecular complexity index is 934. The third-order valence-electron chi connectivity index (χ3n) is 3.93. The SMILES string of the molecule is N#Cc1ccc(/C=N\Nc2ncnc3sc4c(c23)CCC4)cc1. The predicted molar refractivity (Wildman–Crippen MR) is 91.8 cm³/mol. The molecule has 0 unspecified atom stereocenters. The molecule has 2 aromatic heterocycles. The Morgan fingerprint density at radius 2 is 2.09 bits per heavy atom. The van der Waals surface area contributed by atoms with Crippen LogP contribution < -0.4 is 5.43 Å². The van der Waals surface area contributed by atoms with E-state index in [0.717, 1.165) is 34.4 Å². The highest BCUT2D eigenvalue weighted by Gasteiger charge is 2.20. The first-order chi connectivity index (χ1) is 11.3. The minimum absolute atomic E-state index is 0.640.